The second-order valence-corrected chi connectivity index (χ2v) is 6.60. The van der Waals surface area contributed by atoms with E-state index in [1.807, 2.05) is 18.4 Å². The summed E-state index contributed by atoms with van der Waals surface area (Å²) in [5.74, 6) is 0.631. The number of hydrogen-bond donors (Lipinski definition) is 1. The highest BCUT2D eigenvalue weighted by Crippen LogP contribution is 2.29. The predicted molar refractivity (Wildman–Crippen MR) is 78.1 cm³/mol. The maximum absolute atomic E-state index is 5.52. The molecule has 1 aliphatic rings. The van der Waals surface area contributed by atoms with Crippen LogP contribution in [0.4, 0.5) is 0 Å². The number of thiophene rings is 1. The molecule has 1 fully saturated rings. The minimum atomic E-state index is 0.451. The van der Waals surface area contributed by atoms with Gasteiger partial charge in [0.1, 0.15) is 0 Å². The van der Waals surface area contributed by atoms with Crippen LogP contribution < -0.4 is 5.32 Å². The van der Waals surface area contributed by atoms with Crippen molar-refractivity contribution in [2.75, 3.05) is 7.11 Å². The summed E-state index contributed by atoms with van der Waals surface area (Å²) in [6, 6.07) is 5.50. The Balaban J connectivity index is 1.97. The Morgan fingerprint density at radius 2 is 2.22 bits per heavy atom. The van der Waals surface area contributed by atoms with E-state index in [1.54, 1.807) is 0 Å². The van der Waals surface area contributed by atoms with Crippen LogP contribution >= 0.6 is 11.3 Å². The molecule has 1 heterocycles. The van der Waals surface area contributed by atoms with Gasteiger partial charge >= 0.3 is 0 Å². The average Bonchev–Trinajstić information content (AvgIpc) is 2.89. The number of rotatable bonds is 5. The van der Waals surface area contributed by atoms with Gasteiger partial charge in [0.15, 0.2) is 0 Å². The van der Waals surface area contributed by atoms with Crippen molar-refractivity contribution in [1.82, 2.24) is 5.32 Å². The lowest BCUT2D eigenvalue weighted by molar-refractivity contribution is 0.0557. The molecule has 2 rings (SSSR count). The Hall–Kier alpha value is -0.380. The molecule has 1 aliphatic carbocycles. The molecule has 0 spiro atoms. The van der Waals surface area contributed by atoms with Crippen LogP contribution in [-0.2, 0) is 4.74 Å². The van der Waals surface area contributed by atoms with Crippen molar-refractivity contribution in [3.05, 3.63) is 22.4 Å². The molecule has 3 atom stereocenters. The van der Waals surface area contributed by atoms with Crippen LogP contribution in [0.5, 0.6) is 0 Å². The summed E-state index contributed by atoms with van der Waals surface area (Å²) in [4.78, 5) is 1.46. The summed E-state index contributed by atoms with van der Waals surface area (Å²) < 4.78 is 5.52. The monoisotopic (exact) mass is 267 g/mol. The van der Waals surface area contributed by atoms with E-state index in [1.165, 1.54) is 24.1 Å². The van der Waals surface area contributed by atoms with E-state index in [0.717, 1.165) is 6.42 Å². The number of hydrogen-bond acceptors (Lipinski definition) is 3. The van der Waals surface area contributed by atoms with Crippen molar-refractivity contribution in [3.8, 4) is 0 Å². The predicted octanol–water partition coefficient (Wildman–Crippen LogP) is 3.99. The number of methoxy groups -OCH3 is 1. The fourth-order valence-corrected chi connectivity index (χ4v) is 3.79. The summed E-state index contributed by atoms with van der Waals surface area (Å²) in [7, 11) is 1.84. The van der Waals surface area contributed by atoms with E-state index in [0.29, 0.717) is 24.1 Å². The highest BCUT2D eigenvalue weighted by molar-refractivity contribution is 7.10. The van der Waals surface area contributed by atoms with Gasteiger partial charge in [-0.3, -0.25) is 0 Å². The largest absolute Gasteiger partial charge is 0.381 e. The molecule has 3 heteroatoms. The van der Waals surface area contributed by atoms with Gasteiger partial charge in [0, 0.05) is 24.1 Å². The third kappa shape index (κ3) is 3.56. The molecule has 0 aromatic carbocycles. The van der Waals surface area contributed by atoms with Crippen molar-refractivity contribution in [1.29, 1.82) is 0 Å². The van der Waals surface area contributed by atoms with Gasteiger partial charge in [0.2, 0.25) is 0 Å². The fraction of sp³-hybridized carbons (Fsp3) is 0.733. The molecule has 0 amide bonds. The number of ether oxygens (including phenoxy) is 1. The van der Waals surface area contributed by atoms with Crippen LogP contribution in [0.25, 0.3) is 0 Å². The van der Waals surface area contributed by atoms with Gasteiger partial charge in [-0.25, -0.2) is 0 Å². The van der Waals surface area contributed by atoms with Crippen LogP contribution in [0.3, 0.4) is 0 Å². The molecule has 0 aliphatic heterocycles. The molecule has 1 N–H and O–H groups in total. The molecule has 0 radical (unpaired) electrons. The van der Waals surface area contributed by atoms with Gasteiger partial charge in [-0.2, -0.15) is 0 Å². The molecule has 1 aromatic rings. The van der Waals surface area contributed by atoms with E-state index >= 15 is 0 Å². The summed E-state index contributed by atoms with van der Waals surface area (Å²) in [5.41, 5.74) is 0. The van der Waals surface area contributed by atoms with Crippen LogP contribution in [0, 0.1) is 5.92 Å². The van der Waals surface area contributed by atoms with Crippen molar-refractivity contribution in [2.24, 2.45) is 5.92 Å². The summed E-state index contributed by atoms with van der Waals surface area (Å²) in [5, 5.41) is 6.02. The zero-order valence-electron chi connectivity index (χ0n) is 11.7. The Morgan fingerprint density at radius 1 is 1.39 bits per heavy atom. The first kappa shape index (κ1) is 14.0. The zero-order valence-corrected chi connectivity index (χ0v) is 12.5. The van der Waals surface area contributed by atoms with Crippen molar-refractivity contribution < 1.29 is 4.74 Å². The molecule has 2 nitrogen and oxygen atoms in total. The lowest BCUT2D eigenvalue weighted by atomic mass is 9.91. The number of nitrogens with one attached hydrogen (secondary N) is 1. The third-order valence-electron chi connectivity index (χ3n) is 3.89. The van der Waals surface area contributed by atoms with Crippen LogP contribution in [0.1, 0.15) is 50.4 Å². The maximum atomic E-state index is 5.52. The summed E-state index contributed by atoms with van der Waals surface area (Å²) in [6.07, 6.45) is 5.40. The van der Waals surface area contributed by atoms with Crippen molar-refractivity contribution in [3.63, 3.8) is 0 Å². The fourth-order valence-electron chi connectivity index (χ4n) is 2.84. The standard InChI is InChI=1S/C15H25NOS/c1-11(2)15(14-8-5-9-18-14)16-12-6-4-7-13(10-12)17-3/h5,8-9,11-13,15-16H,4,6-7,10H2,1-3H3. The van der Waals surface area contributed by atoms with Gasteiger partial charge in [-0.05, 0) is 43.0 Å². The molecule has 102 valence electrons. The van der Waals surface area contributed by atoms with E-state index in [9.17, 15) is 0 Å². The van der Waals surface area contributed by atoms with Crippen molar-refractivity contribution in [2.45, 2.75) is 57.7 Å². The van der Waals surface area contributed by atoms with Gasteiger partial charge in [-0.15, -0.1) is 11.3 Å². The topological polar surface area (TPSA) is 21.3 Å². The Labute approximate surface area is 115 Å². The van der Waals surface area contributed by atoms with E-state index in [-0.39, 0.29) is 0 Å². The van der Waals surface area contributed by atoms with Crippen LogP contribution in [-0.4, -0.2) is 19.3 Å². The molecule has 18 heavy (non-hydrogen) atoms. The first-order valence-corrected chi connectivity index (χ1v) is 7.91. The van der Waals surface area contributed by atoms with Crippen LogP contribution in [0.15, 0.2) is 17.5 Å². The lowest BCUT2D eigenvalue weighted by Crippen LogP contribution is -2.40. The quantitative estimate of drug-likeness (QED) is 0.871. The first-order chi connectivity index (χ1) is 8.70. The Morgan fingerprint density at radius 3 is 2.83 bits per heavy atom. The second kappa shape index (κ2) is 6.69. The Bertz CT molecular complexity index is 336. The molecule has 3 unspecified atom stereocenters. The second-order valence-electron chi connectivity index (χ2n) is 5.63. The van der Waals surface area contributed by atoms with Gasteiger partial charge in [0.25, 0.3) is 0 Å². The van der Waals surface area contributed by atoms with Gasteiger partial charge < -0.3 is 10.1 Å². The van der Waals surface area contributed by atoms with E-state index in [2.05, 4.69) is 36.7 Å². The van der Waals surface area contributed by atoms with Crippen molar-refractivity contribution >= 4 is 11.3 Å². The van der Waals surface area contributed by atoms with Crippen LogP contribution in [0.2, 0.25) is 0 Å². The summed E-state index contributed by atoms with van der Waals surface area (Å²) >= 11 is 1.86. The molecule has 1 aromatic heterocycles. The van der Waals surface area contributed by atoms with E-state index in [4.69, 9.17) is 4.74 Å². The Kier molecular flexibility index (Phi) is 5.22. The van der Waals surface area contributed by atoms with E-state index < -0.39 is 0 Å². The average molecular weight is 267 g/mol. The SMILES string of the molecule is COC1CCCC(NC(c2cccs2)C(C)C)C1. The highest BCUT2D eigenvalue weighted by atomic mass is 32.1. The van der Waals surface area contributed by atoms with Gasteiger partial charge in [-0.1, -0.05) is 19.9 Å². The normalized spacial score (nSPS) is 26.4. The first-order valence-electron chi connectivity index (χ1n) is 7.03. The minimum absolute atomic E-state index is 0.451. The molecular formula is C15H25NOS. The molecule has 1 saturated carbocycles. The maximum Gasteiger partial charge on any atom is 0.0586 e. The highest BCUT2D eigenvalue weighted by Gasteiger charge is 2.26. The lowest BCUT2D eigenvalue weighted by Gasteiger charge is -2.33. The zero-order chi connectivity index (χ0) is 13.0. The smallest absolute Gasteiger partial charge is 0.0586 e. The van der Waals surface area contributed by atoms with Gasteiger partial charge in [0.05, 0.1) is 6.10 Å². The molecule has 0 bridgehead atoms. The summed E-state index contributed by atoms with van der Waals surface area (Å²) in [6.45, 7) is 4.60. The minimum Gasteiger partial charge on any atom is -0.381 e. The molecular weight excluding hydrogens is 242 g/mol. The molecule has 0 saturated heterocycles. The third-order valence-corrected chi connectivity index (χ3v) is 4.85.